The average Bonchev–Trinajstić information content (AvgIpc) is 3.82. The number of ether oxygens (including phenoxy) is 4. The van der Waals surface area contributed by atoms with E-state index >= 15 is 4.79 Å². The summed E-state index contributed by atoms with van der Waals surface area (Å²) in [4.78, 5) is 61.7. The number of aliphatic hydroxyl groups excluding tert-OH is 1. The number of amides is 2. The smallest absolute Gasteiger partial charge is 0.327 e. The average molecular weight is 930 g/mol. The lowest BCUT2D eigenvalue weighted by atomic mass is 9.62. The Balaban J connectivity index is 1.06. The number of carbonyl (C=O) groups excluding carboxylic acids is 4. The zero-order valence-corrected chi connectivity index (χ0v) is 35.7. The number of carbonyl (C=O) groups is 4. The van der Waals surface area contributed by atoms with Crippen LogP contribution in [0.3, 0.4) is 0 Å². The van der Waals surface area contributed by atoms with Crippen molar-refractivity contribution in [2.24, 2.45) is 5.41 Å². The second-order valence-electron chi connectivity index (χ2n) is 16.7. The standard InChI is InChI=1S/C46H48IN3O10/c1-44(2,3)57-36(52)22-21-33(27-51)49-41(53)29-15-12-13-28(23-29)25-48-43(55)45-24-35-37-38(59-46(58-37,31-16-6-4-7-17-31)32-18-8-5-9-19-32)40(45)60-50(39(45)42(54)56-35)26-30-14-10-11-20-34(30)47/h4-20,23,33,35,37-40,51H,21-22,24-27H2,1-3H3,(H,48,55)(H,49,53). The number of halogens is 1. The van der Waals surface area contributed by atoms with Crippen molar-refractivity contribution in [3.05, 3.63) is 141 Å². The Morgan fingerprint density at radius 1 is 0.917 bits per heavy atom. The minimum atomic E-state index is -1.44. The quantitative estimate of drug-likeness (QED) is 0.118. The molecule has 2 bridgehead atoms. The van der Waals surface area contributed by atoms with Crippen LogP contribution in [0, 0.1) is 8.99 Å². The van der Waals surface area contributed by atoms with Crippen molar-refractivity contribution < 1.29 is 48.1 Å². The molecule has 3 N–H and O–H groups in total. The molecule has 7 atom stereocenters. The molecular formula is C46H48IN3O10. The molecule has 14 heteroatoms. The lowest BCUT2D eigenvalue weighted by Gasteiger charge is -2.48. The van der Waals surface area contributed by atoms with Crippen molar-refractivity contribution in [1.29, 1.82) is 0 Å². The maximum atomic E-state index is 15.0. The highest BCUT2D eigenvalue weighted by Crippen LogP contribution is 2.59. The molecule has 3 saturated heterocycles. The molecule has 8 rings (SSSR count). The fourth-order valence-corrected chi connectivity index (χ4v) is 9.37. The van der Waals surface area contributed by atoms with Crippen molar-refractivity contribution >= 4 is 46.3 Å². The molecule has 314 valence electrons. The molecule has 7 unspecified atom stereocenters. The van der Waals surface area contributed by atoms with E-state index in [9.17, 15) is 19.5 Å². The van der Waals surface area contributed by atoms with E-state index in [1.807, 2.05) is 84.9 Å². The van der Waals surface area contributed by atoms with Crippen LogP contribution in [0.4, 0.5) is 0 Å². The van der Waals surface area contributed by atoms with E-state index in [1.54, 1.807) is 50.1 Å². The summed E-state index contributed by atoms with van der Waals surface area (Å²) in [7, 11) is 0. The number of hydroxylamine groups is 2. The summed E-state index contributed by atoms with van der Waals surface area (Å²) in [6.45, 7) is 5.19. The van der Waals surface area contributed by atoms with Crippen molar-refractivity contribution in [3.63, 3.8) is 0 Å². The maximum absolute atomic E-state index is 15.0. The number of nitrogens with zero attached hydrogens (tertiary/aromatic N) is 1. The normalized spacial score (nSPS) is 25.8. The number of nitrogens with one attached hydrogen (secondary N) is 2. The third-order valence-corrected chi connectivity index (χ3v) is 12.5. The van der Waals surface area contributed by atoms with E-state index in [0.29, 0.717) is 11.1 Å². The highest BCUT2D eigenvalue weighted by atomic mass is 127. The van der Waals surface area contributed by atoms with E-state index in [2.05, 4.69) is 33.2 Å². The van der Waals surface area contributed by atoms with Crippen LogP contribution in [0.1, 0.15) is 72.6 Å². The third-order valence-electron chi connectivity index (χ3n) is 11.5. The van der Waals surface area contributed by atoms with E-state index in [1.165, 1.54) is 0 Å². The van der Waals surface area contributed by atoms with Crippen molar-refractivity contribution in [2.45, 2.75) is 101 Å². The first-order chi connectivity index (χ1) is 28.8. The fraction of sp³-hybridized carbons (Fsp3) is 0.391. The van der Waals surface area contributed by atoms with Crippen LogP contribution < -0.4 is 10.6 Å². The fourth-order valence-electron chi connectivity index (χ4n) is 8.82. The summed E-state index contributed by atoms with van der Waals surface area (Å²) >= 11 is 2.25. The summed E-state index contributed by atoms with van der Waals surface area (Å²) in [5.41, 5.74) is 1.25. The molecular weight excluding hydrogens is 881 g/mol. The number of rotatable bonds is 13. The zero-order chi connectivity index (χ0) is 42.2. The summed E-state index contributed by atoms with van der Waals surface area (Å²) < 4.78 is 26.6. The van der Waals surface area contributed by atoms with Gasteiger partial charge in [-0.15, -0.1) is 0 Å². The van der Waals surface area contributed by atoms with Crippen LogP contribution in [0.15, 0.2) is 109 Å². The Labute approximate surface area is 362 Å². The Bertz CT molecular complexity index is 2200. The van der Waals surface area contributed by atoms with E-state index in [0.717, 1.165) is 20.3 Å². The van der Waals surface area contributed by atoms with Crippen molar-refractivity contribution in [1.82, 2.24) is 15.7 Å². The first-order valence-electron chi connectivity index (χ1n) is 20.2. The van der Waals surface area contributed by atoms with Gasteiger partial charge < -0.3 is 34.7 Å². The van der Waals surface area contributed by atoms with E-state index in [-0.39, 0.29) is 39.0 Å². The van der Waals surface area contributed by atoms with Gasteiger partial charge in [-0.2, -0.15) is 5.06 Å². The molecule has 0 spiro atoms. The van der Waals surface area contributed by atoms with Gasteiger partial charge in [0.1, 0.15) is 35.4 Å². The summed E-state index contributed by atoms with van der Waals surface area (Å²) in [6, 6.07) is 31.9. The molecule has 13 nitrogen and oxygen atoms in total. The Hall–Kier alpha value is -4.71. The lowest BCUT2D eigenvalue weighted by molar-refractivity contribution is -0.213. The Morgan fingerprint density at radius 2 is 1.58 bits per heavy atom. The molecule has 0 aromatic heterocycles. The number of aliphatic hydroxyl groups is 1. The second-order valence-corrected chi connectivity index (χ2v) is 17.9. The minimum absolute atomic E-state index is 0.0248. The van der Waals surface area contributed by atoms with Crippen LogP contribution in [-0.4, -0.2) is 82.6 Å². The van der Waals surface area contributed by atoms with Gasteiger partial charge >= 0.3 is 11.9 Å². The molecule has 2 amide bonds. The number of fused-ring (bicyclic) bond motifs is 4. The minimum Gasteiger partial charge on any atom is -0.460 e. The predicted molar refractivity (Wildman–Crippen MR) is 225 cm³/mol. The van der Waals surface area contributed by atoms with Gasteiger partial charge in [0.15, 0.2) is 6.04 Å². The van der Waals surface area contributed by atoms with Gasteiger partial charge in [-0.1, -0.05) is 91.0 Å². The Morgan fingerprint density at radius 3 is 2.25 bits per heavy atom. The van der Waals surface area contributed by atoms with Crippen LogP contribution in [0.25, 0.3) is 0 Å². The van der Waals surface area contributed by atoms with Crippen LogP contribution in [0.5, 0.6) is 0 Å². The highest BCUT2D eigenvalue weighted by molar-refractivity contribution is 14.1. The summed E-state index contributed by atoms with van der Waals surface area (Å²) in [6.07, 6.45) is -3.01. The molecule has 1 saturated carbocycles. The SMILES string of the molecule is CC(C)(C)OC(=O)CCC(CO)NC(=O)c1cccc(CNC(=O)C23CC4OC(=O)C2N(Cc2ccccc2I)OC3C2OC(c3ccccc3)(c3ccccc3)OC42)c1. The Kier molecular flexibility index (Phi) is 11.9. The lowest BCUT2D eigenvalue weighted by Crippen LogP contribution is -2.69. The van der Waals surface area contributed by atoms with Gasteiger partial charge in [0.25, 0.3) is 5.91 Å². The van der Waals surface area contributed by atoms with Gasteiger partial charge in [0, 0.05) is 39.6 Å². The summed E-state index contributed by atoms with van der Waals surface area (Å²) in [5.74, 6) is -3.25. The van der Waals surface area contributed by atoms with Gasteiger partial charge in [0.2, 0.25) is 11.7 Å². The van der Waals surface area contributed by atoms with Crippen LogP contribution in [0.2, 0.25) is 0 Å². The molecule has 4 aromatic rings. The van der Waals surface area contributed by atoms with Gasteiger partial charge in [0.05, 0.1) is 19.2 Å². The molecule has 4 aliphatic rings. The van der Waals surface area contributed by atoms with Crippen LogP contribution >= 0.6 is 22.6 Å². The number of hydrogen-bond donors (Lipinski definition) is 3. The molecule has 60 heavy (non-hydrogen) atoms. The maximum Gasteiger partial charge on any atom is 0.327 e. The molecule has 3 aliphatic heterocycles. The van der Waals surface area contributed by atoms with Crippen molar-refractivity contribution in [3.8, 4) is 0 Å². The highest BCUT2D eigenvalue weighted by Gasteiger charge is 2.76. The molecule has 4 fully saturated rings. The zero-order valence-electron chi connectivity index (χ0n) is 33.5. The largest absolute Gasteiger partial charge is 0.460 e. The van der Waals surface area contributed by atoms with Gasteiger partial charge in [-0.25, -0.2) is 0 Å². The van der Waals surface area contributed by atoms with Gasteiger partial charge in [-0.3, -0.25) is 24.0 Å². The second kappa shape index (κ2) is 17.0. The van der Waals surface area contributed by atoms with Crippen molar-refractivity contribution in [2.75, 3.05) is 6.61 Å². The van der Waals surface area contributed by atoms with E-state index in [4.69, 9.17) is 23.8 Å². The van der Waals surface area contributed by atoms with Gasteiger partial charge in [-0.05, 0) is 79.1 Å². The number of benzene rings is 4. The monoisotopic (exact) mass is 929 g/mol. The summed E-state index contributed by atoms with van der Waals surface area (Å²) in [5, 5.41) is 17.4. The third kappa shape index (κ3) is 8.08. The topological polar surface area (TPSA) is 162 Å². The van der Waals surface area contributed by atoms with Crippen LogP contribution in [-0.2, 0) is 57.0 Å². The number of hydrogen-bond acceptors (Lipinski definition) is 11. The van der Waals surface area contributed by atoms with E-state index < -0.39 is 77.1 Å². The molecule has 3 heterocycles. The molecule has 4 aromatic carbocycles. The first kappa shape index (κ1) is 42.0. The first-order valence-corrected chi connectivity index (χ1v) is 21.2. The predicted octanol–water partition coefficient (Wildman–Crippen LogP) is 5.31. The molecule has 1 aliphatic carbocycles. The number of esters is 2. The molecule has 0 radical (unpaired) electrons.